The second-order valence-corrected chi connectivity index (χ2v) is 8.95. The molecule has 0 unspecified atom stereocenters. The van der Waals surface area contributed by atoms with Crippen molar-refractivity contribution in [1.29, 1.82) is 5.26 Å². The van der Waals surface area contributed by atoms with Gasteiger partial charge in [0.2, 0.25) is 5.91 Å². The molecule has 0 N–H and O–H groups in total. The Kier molecular flexibility index (Phi) is 7.01. The normalized spacial score (nSPS) is 18.3. The van der Waals surface area contributed by atoms with Gasteiger partial charge in [-0.15, -0.1) is 0 Å². The Balaban J connectivity index is 1.29. The molecule has 1 amide bonds. The maximum Gasteiger partial charge on any atom is 0.237 e. The maximum absolute atomic E-state index is 13.3. The number of carbonyl (C=O) groups excluding carboxylic acids is 1. The highest BCUT2D eigenvalue weighted by atomic mass is 16.2. The van der Waals surface area contributed by atoms with E-state index in [-0.39, 0.29) is 5.91 Å². The Bertz CT molecular complexity index is 893. The highest BCUT2D eigenvalue weighted by Gasteiger charge is 2.34. The molecule has 1 saturated heterocycles. The Morgan fingerprint density at radius 3 is 2.26 bits per heavy atom. The number of nitriles is 1. The summed E-state index contributed by atoms with van der Waals surface area (Å²) >= 11 is 0. The number of rotatable bonds is 8. The summed E-state index contributed by atoms with van der Waals surface area (Å²) in [6.07, 6.45) is 2.49. The minimum atomic E-state index is 0.254. The first-order valence-electron chi connectivity index (χ1n) is 11.4. The fourth-order valence-corrected chi connectivity index (χ4v) is 4.40. The van der Waals surface area contributed by atoms with Gasteiger partial charge in [-0.25, -0.2) is 0 Å². The molecule has 2 aliphatic rings. The number of carbonyl (C=O) groups is 1. The van der Waals surface area contributed by atoms with Crippen LogP contribution < -0.4 is 0 Å². The zero-order chi connectivity index (χ0) is 21.6. The summed E-state index contributed by atoms with van der Waals surface area (Å²) in [7, 11) is 0. The van der Waals surface area contributed by atoms with Gasteiger partial charge in [-0.3, -0.25) is 14.6 Å². The Labute approximate surface area is 185 Å². The van der Waals surface area contributed by atoms with Crippen molar-refractivity contribution in [2.75, 3.05) is 32.7 Å². The number of hydrogen-bond acceptors (Lipinski definition) is 4. The van der Waals surface area contributed by atoms with Crippen molar-refractivity contribution in [3.63, 3.8) is 0 Å². The first-order chi connectivity index (χ1) is 15.1. The minimum absolute atomic E-state index is 0.254. The van der Waals surface area contributed by atoms with Crippen LogP contribution in [0.3, 0.4) is 0 Å². The topological polar surface area (TPSA) is 50.6 Å². The third kappa shape index (κ3) is 5.94. The quantitative estimate of drug-likeness (QED) is 0.661. The van der Waals surface area contributed by atoms with Crippen LogP contribution in [0.2, 0.25) is 0 Å². The van der Waals surface area contributed by atoms with Crippen molar-refractivity contribution >= 4 is 5.91 Å². The predicted octanol–water partition coefficient (Wildman–Crippen LogP) is 3.50. The van der Waals surface area contributed by atoms with Gasteiger partial charge in [0.15, 0.2) is 0 Å². The van der Waals surface area contributed by atoms with Crippen LogP contribution in [0.25, 0.3) is 0 Å². The predicted molar refractivity (Wildman–Crippen MR) is 122 cm³/mol. The lowest BCUT2D eigenvalue weighted by Crippen LogP contribution is -2.51. The van der Waals surface area contributed by atoms with E-state index < -0.39 is 0 Å². The molecule has 0 radical (unpaired) electrons. The SMILES string of the molecule is C[C@H](C1CC1)N(Cc1ccccc1)C(=O)CN1CCN(Cc2ccc(C#N)cc2)CC1. The third-order valence-corrected chi connectivity index (χ3v) is 6.62. The van der Waals surface area contributed by atoms with E-state index in [1.807, 2.05) is 42.5 Å². The maximum atomic E-state index is 13.3. The van der Waals surface area contributed by atoms with Crippen LogP contribution in [0, 0.1) is 17.2 Å². The smallest absolute Gasteiger partial charge is 0.237 e. The zero-order valence-electron chi connectivity index (χ0n) is 18.4. The number of amides is 1. The lowest BCUT2D eigenvalue weighted by atomic mass is 10.1. The Hall–Kier alpha value is -2.68. The van der Waals surface area contributed by atoms with Crippen LogP contribution in [-0.2, 0) is 17.9 Å². The Morgan fingerprint density at radius 1 is 1.00 bits per heavy atom. The van der Waals surface area contributed by atoms with Crippen LogP contribution in [0.5, 0.6) is 0 Å². The second kappa shape index (κ2) is 10.1. The van der Waals surface area contributed by atoms with Gasteiger partial charge in [-0.2, -0.15) is 5.26 Å². The summed E-state index contributed by atoms with van der Waals surface area (Å²) < 4.78 is 0. The van der Waals surface area contributed by atoms with Crippen LogP contribution in [0.1, 0.15) is 36.5 Å². The number of piperazine rings is 1. The van der Waals surface area contributed by atoms with Crippen molar-refractivity contribution in [2.45, 2.75) is 38.9 Å². The first-order valence-corrected chi connectivity index (χ1v) is 11.4. The molecule has 31 heavy (non-hydrogen) atoms. The van der Waals surface area contributed by atoms with Crippen molar-refractivity contribution in [1.82, 2.24) is 14.7 Å². The van der Waals surface area contributed by atoms with Gasteiger partial charge < -0.3 is 4.90 Å². The van der Waals surface area contributed by atoms with E-state index in [0.717, 1.165) is 32.7 Å². The monoisotopic (exact) mass is 416 g/mol. The Morgan fingerprint density at radius 2 is 1.65 bits per heavy atom. The lowest BCUT2D eigenvalue weighted by Gasteiger charge is -2.36. The first kappa shape index (κ1) is 21.5. The molecule has 1 aliphatic carbocycles. The van der Waals surface area contributed by atoms with Gasteiger partial charge in [0.05, 0.1) is 18.2 Å². The average Bonchev–Trinajstić information content (AvgIpc) is 3.65. The van der Waals surface area contributed by atoms with Gasteiger partial charge in [0.25, 0.3) is 0 Å². The van der Waals surface area contributed by atoms with Crippen molar-refractivity contribution in [3.05, 3.63) is 71.3 Å². The van der Waals surface area contributed by atoms with Gasteiger partial charge in [-0.1, -0.05) is 42.5 Å². The number of benzene rings is 2. The molecule has 0 bridgehead atoms. The second-order valence-electron chi connectivity index (χ2n) is 8.95. The fraction of sp³-hybridized carbons (Fsp3) is 0.462. The van der Waals surface area contributed by atoms with Crippen LogP contribution in [0.4, 0.5) is 0 Å². The molecule has 5 nitrogen and oxygen atoms in total. The van der Waals surface area contributed by atoms with E-state index in [9.17, 15) is 4.79 Å². The largest absolute Gasteiger partial charge is 0.334 e. The van der Waals surface area contributed by atoms with Gasteiger partial charge >= 0.3 is 0 Å². The van der Waals surface area contributed by atoms with E-state index in [1.54, 1.807) is 0 Å². The molecule has 0 aromatic heterocycles. The molecule has 2 aromatic carbocycles. The molecule has 1 aliphatic heterocycles. The minimum Gasteiger partial charge on any atom is -0.334 e. The van der Waals surface area contributed by atoms with Crippen molar-refractivity contribution in [3.8, 4) is 6.07 Å². The summed E-state index contributed by atoms with van der Waals surface area (Å²) in [6, 6.07) is 20.7. The summed E-state index contributed by atoms with van der Waals surface area (Å²) in [5, 5.41) is 8.94. The van der Waals surface area contributed by atoms with Gasteiger partial charge in [-0.05, 0) is 48.9 Å². The molecule has 4 rings (SSSR count). The summed E-state index contributed by atoms with van der Waals surface area (Å²) in [5.41, 5.74) is 3.14. The molecular formula is C26H32N4O. The molecule has 1 atom stereocenters. The zero-order valence-corrected chi connectivity index (χ0v) is 18.4. The molecular weight excluding hydrogens is 384 g/mol. The lowest BCUT2D eigenvalue weighted by molar-refractivity contribution is -0.136. The van der Waals surface area contributed by atoms with E-state index in [2.05, 4.69) is 39.8 Å². The van der Waals surface area contributed by atoms with Gasteiger partial charge in [0.1, 0.15) is 0 Å². The number of nitrogens with zero attached hydrogens (tertiary/aromatic N) is 4. The van der Waals surface area contributed by atoms with Crippen molar-refractivity contribution < 1.29 is 4.79 Å². The van der Waals surface area contributed by atoms with E-state index in [1.165, 1.54) is 24.0 Å². The fourth-order valence-electron chi connectivity index (χ4n) is 4.40. The van der Waals surface area contributed by atoms with Crippen molar-refractivity contribution in [2.24, 2.45) is 5.92 Å². The highest BCUT2D eigenvalue weighted by Crippen LogP contribution is 2.35. The standard InChI is InChI=1S/C26H32N4O/c1-21(25-11-12-25)30(19-23-5-3-2-4-6-23)26(31)20-29-15-13-28(14-16-29)18-24-9-7-22(17-27)8-10-24/h2-10,21,25H,11-16,18-20H2,1H3/t21-/m1/s1. The molecule has 2 aromatic rings. The summed E-state index contributed by atoms with van der Waals surface area (Å²) in [5.74, 6) is 0.917. The molecule has 162 valence electrons. The van der Waals surface area contributed by atoms with Crippen LogP contribution in [-0.4, -0.2) is 59.4 Å². The molecule has 1 heterocycles. The van der Waals surface area contributed by atoms with Gasteiger partial charge in [0, 0.05) is 45.3 Å². The van der Waals surface area contributed by atoms with Crippen LogP contribution >= 0.6 is 0 Å². The van der Waals surface area contributed by atoms with Crippen LogP contribution in [0.15, 0.2) is 54.6 Å². The van der Waals surface area contributed by atoms with E-state index in [4.69, 9.17) is 5.26 Å². The summed E-state index contributed by atoms with van der Waals surface area (Å²) in [6.45, 7) is 8.08. The highest BCUT2D eigenvalue weighted by molar-refractivity contribution is 5.78. The number of hydrogen-bond donors (Lipinski definition) is 0. The van der Waals surface area contributed by atoms with E-state index >= 15 is 0 Å². The average molecular weight is 417 g/mol. The molecule has 1 saturated carbocycles. The third-order valence-electron chi connectivity index (χ3n) is 6.62. The molecule has 5 heteroatoms. The summed E-state index contributed by atoms with van der Waals surface area (Å²) in [4.78, 5) is 20.1. The molecule has 2 fully saturated rings. The molecule has 0 spiro atoms. The van der Waals surface area contributed by atoms with E-state index in [0.29, 0.717) is 30.6 Å².